The molecule has 5 heteroatoms. The summed E-state index contributed by atoms with van der Waals surface area (Å²) in [5.41, 5.74) is 6.08. The zero-order valence-electron chi connectivity index (χ0n) is 10.0. The van der Waals surface area contributed by atoms with Crippen LogP contribution in [0.2, 0.25) is 0 Å². The number of nitrogens with zero attached hydrogens (tertiary/aromatic N) is 1. The van der Waals surface area contributed by atoms with E-state index in [4.69, 9.17) is 5.73 Å². The van der Waals surface area contributed by atoms with Gasteiger partial charge in [-0.2, -0.15) is 0 Å². The van der Waals surface area contributed by atoms with Crippen molar-refractivity contribution < 1.29 is 4.79 Å². The van der Waals surface area contributed by atoms with E-state index in [1.165, 1.54) is 0 Å². The monoisotopic (exact) mass is 241 g/mol. The molecule has 0 aliphatic carbocycles. The van der Waals surface area contributed by atoms with Crippen LogP contribution in [0.3, 0.4) is 0 Å². The molecule has 3 N–H and O–H groups in total. The summed E-state index contributed by atoms with van der Waals surface area (Å²) in [6.07, 6.45) is 1.39. The van der Waals surface area contributed by atoms with E-state index < -0.39 is 5.54 Å². The van der Waals surface area contributed by atoms with Crippen molar-refractivity contribution >= 4 is 17.2 Å². The molecule has 0 aliphatic rings. The Bertz CT molecular complexity index is 360. The molecule has 4 nitrogen and oxygen atoms in total. The highest BCUT2D eigenvalue weighted by atomic mass is 32.1. The fraction of sp³-hybridized carbons (Fsp3) is 0.636. The summed E-state index contributed by atoms with van der Waals surface area (Å²) in [5, 5.41) is 5.90. The lowest BCUT2D eigenvalue weighted by atomic mass is 9.99. The van der Waals surface area contributed by atoms with Gasteiger partial charge in [0.2, 0.25) is 5.91 Å². The van der Waals surface area contributed by atoms with E-state index in [-0.39, 0.29) is 5.91 Å². The first kappa shape index (κ1) is 13.1. The van der Waals surface area contributed by atoms with Crippen molar-refractivity contribution in [3.8, 4) is 0 Å². The quantitative estimate of drug-likeness (QED) is 0.815. The zero-order chi connectivity index (χ0) is 12.2. The van der Waals surface area contributed by atoms with Gasteiger partial charge in [-0.15, -0.1) is 11.3 Å². The average molecular weight is 241 g/mol. The highest BCUT2D eigenvalue weighted by Gasteiger charge is 2.25. The third-order valence-electron chi connectivity index (χ3n) is 2.59. The van der Waals surface area contributed by atoms with Crippen molar-refractivity contribution in [1.29, 1.82) is 0 Å². The van der Waals surface area contributed by atoms with Crippen LogP contribution in [-0.4, -0.2) is 23.0 Å². The molecule has 0 radical (unpaired) electrons. The SMILES string of the molecule is CCC(C)(N)C(=O)NCCc1csc(C)n1. The second kappa shape index (κ2) is 5.41. The fourth-order valence-corrected chi connectivity index (χ4v) is 1.84. The molecule has 1 rings (SSSR count). The van der Waals surface area contributed by atoms with Gasteiger partial charge < -0.3 is 11.1 Å². The summed E-state index contributed by atoms with van der Waals surface area (Å²) in [6, 6.07) is 0. The number of nitrogens with two attached hydrogens (primary N) is 1. The van der Waals surface area contributed by atoms with E-state index in [2.05, 4.69) is 10.3 Å². The van der Waals surface area contributed by atoms with Crippen LogP contribution in [-0.2, 0) is 11.2 Å². The van der Waals surface area contributed by atoms with E-state index in [1.54, 1.807) is 18.3 Å². The Morgan fingerprint density at radius 3 is 2.88 bits per heavy atom. The Morgan fingerprint density at radius 2 is 2.38 bits per heavy atom. The summed E-state index contributed by atoms with van der Waals surface area (Å²) in [6.45, 7) is 6.22. The minimum atomic E-state index is -0.766. The van der Waals surface area contributed by atoms with Gasteiger partial charge in [0, 0.05) is 18.3 Å². The van der Waals surface area contributed by atoms with Gasteiger partial charge in [-0.3, -0.25) is 4.79 Å². The van der Waals surface area contributed by atoms with Crippen LogP contribution in [0.25, 0.3) is 0 Å². The summed E-state index contributed by atoms with van der Waals surface area (Å²) in [4.78, 5) is 16.0. The van der Waals surface area contributed by atoms with E-state index in [1.807, 2.05) is 19.2 Å². The summed E-state index contributed by atoms with van der Waals surface area (Å²) in [5.74, 6) is -0.0954. The number of carbonyl (C=O) groups excluding carboxylic acids is 1. The Balaban J connectivity index is 2.33. The Kier molecular flexibility index (Phi) is 4.44. The van der Waals surface area contributed by atoms with E-state index in [0.717, 1.165) is 17.1 Å². The number of rotatable bonds is 5. The molecule has 1 aromatic heterocycles. The molecule has 1 aromatic rings. The first-order valence-corrected chi connectivity index (χ1v) is 6.32. The van der Waals surface area contributed by atoms with E-state index >= 15 is 0 Å². The van der Waals surface area contributed by atoms with Crippen molar-refractivity contribution in [3.05, 3.63) is 16.1 Å². The molecule has 0 saturated carbocycles. The lowest BCUT2D eigenvalue weighted by Crippen LogP contribution is -2.51. The number of hydrogen-bond acceptors (Lipinski definition) is 4. The number of hydrogen-bond donors (Lipinski definition) is 2. The number of carbonyl (C=O) groups is 1. The first-order valence-electron chi connectivity index (χ1n) is 5.44. The number of aromatic nitrogens is 1. The van der Waals surface area contributed by atoms with Crippen molar-refractivity contribution in [2.24, 2.45) is 5.73 Å². The fourth-order valence-electron chi connectivity index (χ4n) is 1.19. The summed E-state index contributed by atoms with van der Waals surface area (Å²) < 4.78 is 0. The molecule has 0 aromatic carbocycles. The predicted molar refractivity (Wildman–Crippen MR) is 66.4 cm³/mol. The number of amides is 1. The lowest BCUT2D eigenvalue weighted by molar-refractivity contribution is -0.125. The molecule has 1 amide bonds. The van der Waals surface area contributed by atoms with Crippen LogP contribution in [0.4, 0.5) is 0 Å². The molecule has 90 valence electrons. The third kappa shape index (κ3) is 3.57. The van der Waals surface area contributed by atoms with Crippen LogP contribution < -0.4 is 11.1 Å². The smallest absolute Gasteiger partial charge is 0.239 e. The van der Waals surface area contributed by atoms with Crippen LogP contribution in [0.5, 0.6) is 0 Å². The van der Waals surface area contributed by atoms with E-state index in [0.29, 0.717) is 13.0 Å². The zero-order valence-corrected chi connectivity index (χ0v) is 10.9. The van der Waals surface area contributed by atoms with Crippen molar-refractivity contribution in [2.75, 3.05) is 6.54 Å². The van der Waals surface area contributed by atoms with Crippen LogP contribution >= 0.6 is 11.3 Å². The van der Waals surface area contributed by atoms with Crippen LogP contribution in [0.1, 0.15) is 31.0 Å². The molecule has 1 heterocycles. The van der Waals surface area contributed by atoms with Crippen LogP contribution in [0.15, 0.2) is 5.38 Å². The molecule has 0 fully saturated rings. The highest BCUT2D eigenvalue weighted by Crippen LogP contribution is 2.08. The van der Waals surface area contributed by atoms with Gasteiger partial charge in [0.15, 0.2) is 0 Å². The van der Waals surface area contributed by atoms with Crippen molar-refractivity contribution in [2.45, 2.75) is 39.2 Å². The van der Waals surface area contributed by atoms with E-state index in [9.17, 15) is 4.79 Å². The maximum absolute atomic E-state index is 11.6. The molecule has 0 saturated heterocycles. The first-order chi connectivity index (χ1) is 7.45. The minimum Gasteiger partial charge on any atom is -0.354 e. The second-order valence-corrected chi connectivity index (χ2v) is 5.20. The Hall–Kier alpha value is -0.940. The van der Waals surface area contributed by atoms with Crippen LogP contribution in [0, 0.1) is 6.92 Å². The molecule has 1 atom stereocenters. The van der Waals surface area contributed by atoms with Crippen molar-refractivity contribution in [3.63, 3.8) is 0 Å². The van der Waals surface area contributed by atoms with Gasteiger partial charge >= 0.3 is 0 Å². The maximum atomic E-state index is 11.6. The number of aryl methyl sites for hydroxylation is 1. The van der Waals surface area contributed by atoms with Gasteiger partial charge in [-0.05, 0) is 20.3 Å². The average Bonchev–Trinajstić information content (AvgIpc) is 2.64. The maximum Gasteiger partial charge on any atom is 0.239 e. The Morgan fingerprint density at radius 1 is 1.69 bits per heavy atom. The lowest BCUT2D eigenvalue weighted by Gasteiger charge is -2.21. The molecule has 0 aliphatic heterocycles. The minimum absolute atomic E-state index is 0.0954. The molecule has 1 unspecified atom stereocenters. The summed E-state index contributed by atoms with van der Waals surface area (Å²) in [7, 11) is 0. The van der Waals surface area contributed by atoms with Crippen molar-refractivity contribution in [1.82, 2.24) is 10.3 Å². The number of thiazole rings is 1. The second-order valence-electron chi connectivity index (χ2n) is 4.13. The molecule has 16 heavy (non-hydrogen) atoms. The van der Waals surface area contributed by atoms with Gasteiger partial charge in [0.1, 0.15) is 0 Å². The number of nitrogens with one attached hydrogen (secondary N) is 1. The third-order valence-corrected chi connectivity index (χ3v) is 3.41. The predicted octanol–water partition coefficient (Wildman–Crippen LogP) is 1.24. The summed E-state index contributed by atoms with van der Waals surface area (Å²) >= 11 is 1.62. The highest BCUT2D eigenvalue weighted by molar-refractivity contribution is 7.09. The normalized spacial score (nSPS) is 14.5. The standard InChI is InChI=1S/C11H19N3OS/c1-4-11(3,12)10(15)13-6-5-9-7-16-8(2)14-9/h7H,4-6,12H2,1-3H3,(H,13,15). The largest absolute Gasteiger partial charge is 0.354 e. The van der Waals surface area contributed by atoms with Gasteiger partial charge in [-0.1, -0.05) is 6.92 Å². The topological polar surface area (TPSA) is 68.0 Å². The molecule has 0 spiro atoms. The molecular formula is C11H19N3OS. The molecular weight excluding hydrogens is 222 g/mol. The van der Waals surface area contributed by atoms with Gasteiger partial charge in [-0.25, -0.2) is 4.98 Å². The van der Waals surface area contributed by atoms with Gasteiger partial charge in [0.05, 0.1) is 16.2 Å². The van der Waals surface area contributed by atoms with Gasteiger partial charge in [0.25, 0.3) is 0 Å². The molecule has 0 bridgehead atoms. The Labute approximate surface area is 100 Å².